The number of nitrogens with zero attached hydrogens (tertiary/aromatic N) is 1. The second kappa shape index (κ2) is 5.10. The molecule has 2 fully saturated rings. The molecule has 1 atom stereocenters. The van der Waals surface area contributed by atoms with Gasteiger partial charge in [0.15, 0.2) is 0 Å². The lowest BCUT2D eigenvalue weighted by Gasteiger charge is -2.39. The first-order valence-corrected chi connectivity index (χ1v) is 5.87. The van der Waals surface area contributed by atoms with Crippen LogP contribution >= 0.6 is 0 Å². The molecule has 0 aromatic carbocycles. The van der Waals surface area contributed by atoms with Gasteiger partial charge in [-0.3, -0.25) is 4.90 Å². The fourth-order valence-corrected chi connectivity index (χ4v) is 2.66. The summed E-state index contributed by atoms with van der Waals surface area (Å²) in [6, 6.07) is 0.814. The van der Waals surface area contributed by atoms with Crippen LogP contribution in [0.1, 0.15) is 25.7 Å². The molecule has 0 radical (unpaired) electrons. The van der Waals surface area contributed by atoms with Gasteiger partial charge in [0.2, 0.25) is 0 Å². The van der Waals surface area contributed by atoms with Gasteiger partial charge in [0.25, 0.3) is 0 Å². The number of hydrogen-bond acceptors (Lipinski definition) is 3. The highest BCUT2D eigenvalue weighted by atomic mass is 16.5. The topological polar surface area (TPSA) is 24.5 Å². The second-order valence-electron chi connectivity index (χ2n) is 4.48. The highest BCUT2D eigenvalue weighted by molar-refractivity contribution is 4.82. The van der Waals surface area contributed by atoms with E-state index in [2.05, 4.69) is 10.2 Å². The third-order valence-electron chi connectivity index (χ3n) is 3.57. The van der Waals surface area contributed by atoms with Gasteiger partial charge < -0.3 is 10.1 Å². The van der Waals surface area contributed by atoms with Crippen LogP contribution in [0.5, 0.6) is 0 Å². The van der Waals surface area contributed by atoms with Crippen LogP contribution in [0.3, 0.4) is 0 Å². The van der Waals surface area contributed by atoms with Crippen molar-refractivity contribution in [3.8, 4) is 0 Å². The summed E-state index contributed by atoms with van der Waals surface area (Å²) in [7, 11) is 1.84. The van der Waals surface area contributed by atoms with Crippen LogP contribution in [0, 0.1) is 0 Å². The van der Waals surface area contributed by atoms with E-state index in [0.717, 1.165) is 12.6 Å². The van der Waals surface area contributed by atoms with Crippen molar-refractivity contribution in [2.45, 2.75) is 37.8 Å². The zero-order valence-corrected chi connectivity index (χ0v) is 9.17. The van der Waals surface area contributed by atoms with E-state index in [1.54, 1.807) is 0 Å². The van der Waals surface area contributed by atoms with Crippen molar-refractivity contribution in [2.24, 2.45) is 0 Å². The molecule has 0 aromatic rings. The van der Waals surface area contributed by atoms with Crippen LogP contribution in [0.15, 0.2) is 0 Å². The average Bonchev–Trinajstić information content (AvgIpc) is 2.30. The van der Waals surface area contributed by atoms with Gasteiger partial charge in [-0.25, -0.2) is 0 Å². The van der Waals surface area contributed by atoms with Crippen molar-refractivity contribution in [1.29, 1.82) is 0 Å². The van der Waals surface area contributed by atoms with Gasteiger partial charge in [0, 0.05) is 19.7 Å². The summed E-state index contributed by atoms with van der Waals surface area (Å²) < 4.78 is 5.45. The molecule has 0 saturated carbocycles. The highest BCUT2D eigenvalue weighted by Gasteiger charge is 2.26. The van der Waals surface area contributed by atoms with Crippen molar-refractivity contribution >= 4 is 0 Å². The molecule has 2 saturated heterocycles. The highest BCUT2D eigenvalue weighted by Crippen LogP contribution is 2.19. The number of rotatable bonds is 2. The fraction of sp³-hybridized carbons (Fsp3) is 1.00. The van der Waals surface area contributed by atoms with Gasteiger partial charge in [-0.05, 0) is 45.3 Å². The van der Waals surface area contributed by atoms with E-state index in [4.69, 9.17) is 4.74 Å². The summed E-state index contributed by atoms with van der Waals surface area (Å²) in [6.45, 7) is 4.82. The summed E-state index contributed by atoms with van der Waals surface area (Å²) in [5.41, 5.74) is 0. The molecule has 2 aliphatic rings. The third kappa shape index (κ3) is 2.47. The van der Waals surface area contributed by atoms with Crippen LogP contribution < -0.4 is 5.32 Å². The first-order chi connectivity index (χ1) is 6.90. The predicted octanol–water partition coefficient (Wildman–Crippen LogP) is 0.849. The van der Waals surface area contributed by atoms with E-state index in [-0.39, 0.29) is 0 Å². The minimum atomic E-state index is 0.485. The number of likely N-dealkylation sites (tertiary alicyclic amines) is 1. The Hall–Kier alpha value is -0.120. The molecule has 1 unspecified atom stereocenters. The van der Waals surface area contributed by atoms with Crippen LogP contribution in [0.25, 0.3) is 0 Å². The standard InChI is InChI=1S/C11H22N2O/c1-14-11-3-2-8-13(9-11)10-4-6-12-7-5-10/h10-12H,2-9H2,1H3. The molecule has 0 aromatic heterocycles. The Morgan fingerprint density at radius 3 is 2.71 bits per heavy atom. The van der Waals surface area contributed by atoms with E-state index in [1.165, 1.54) is 45.3 Å². The number of nitrogens with one attached hydrogen (secondary N) is 1. The van der Waals surface area contributed by atoms with Gasteiger partial charge >= 0.3 is 0 Å². The minimum Gasteiger partial charge on any atom is -0.380 e. The maximum Gasteiger partial charge on any atom is 0.0698 e. The Bertz CT molecular complexity index is 169. The Morgan fingerprint density at radius 2 is 2.00 bits per heavy atom. The van der Waals surface area contributed by atoms with Crippen LogP contribution in [0.4, 0.5) is 0 Å². The van der Waals surface area contributed by atoms with Crippen molar-refractivity contribution in [2.75, 3.05) is 33.3 Å². The lowest BCUT2D eigenvalue weighted by Crippen LogP contribution is -2.49. The first-order valence-electron chi connectivity index (χ1n) is 5.87. The summed E-state index contributed by atoms with van der Waals surface area (Å²) in [5.74, 6) is 0. The van der Waals surface area contributed by atoms with Crippen LogP contribution in [0.2, 0.25) is 0 Å². The van der Waals surface area contributed by atoms with Gasteiger partial charge in [0.05, 0.1) is 6.10 Å². The largest absolute Gasteiger partial charge is 0.380 e. The quantitative estimate of drug-likeness (QED) is 0.712. The zero-order chi connectivity index (χ0) is 9.80. The summed E-state index contributed by atoms with van der Waals surface area (Å²) in [4.78, 5) is 2.64. The molecule has 0 spiro atoms. The molecule has 1 N–H and O–H groups in total. The lowest BCUT2D eigenvalue weighted by molar-refractivity contribution is 0.00905. The monoisotopic (exact) mass is 198 g/mol. The van der Waals surface area contributed by atoms with E-state index >= 15 is 0 Å². The molecular weight excluding hydrogens is 176 g/mol. The zero-order valence-electron chi connectivity index (χ0n) is 9.17. The van der Waals surface area contributed by atoms with Crippen LogP contribution in [-0.4, -0.2) is 50.3 Å². The molecule has 3 nitrogen and oxygen atoms in total. The van der Waals surface area contributed by atoms with Gasteiger partial charge in [0.1, 0.15) is 0 Å². The SMILES string of the molecule is COC1CCCN(C2CCNCC2)C1. The Balaban J connectivity index is 1.83. The lowest BCUT2D eigenvalue weighted by atomic mass is 10.00. The molecule has 0 aliphatic carbocycles. The Morgan fingerprint density at radius 1 is 1.21 bits per heavy atom. The first kappa shape index (κ1) is 10.4. The van der Waals surface area contributed by atoms with Gasteiger partial charge in [-0.15, -0.1) is 0 Å². The normalized spacial score (nSPS) is 31.9. The maximum absolute atomic E-state index is 5.45. The van der Waals surface area contributed by atoms with E-state index in [9.17, 15) is 0 Å². The predicted molar refractivity (Wildman–Crippen MR) is 57.5 cm³/mol. The summed E-state index contributed by atoms with van der Waals surface area (Å²) in [6.07, 6.45) is 5.67. The van der Waals surface area contributed by atoms with Gasteiger partial charge in [-0.2, -0.15) is 0 Å². The molecule has 3 heteroatoms. The van der Waals surface area contributed by atoms with Crippen molar-refractivity contribution in [3.05, 3.63) is 0 Å². The molecule has 82 valence electrons. The van der Waals surface area contributed by atoms with Gasteiger partial charge in [-0.1, -0.05) is 0 Å². The molecule has 2 rings (SSSR count). The van der Waals surface area contributed by atoms with E-state index < -0.39 is 0 Å². The van der Waals surface area contributed by atoms with E-state index in [1.807, 2.05) is 7.11 Å². The number of ether oxygens (including phenoxy) is 1. The molecule has 0 amide bonds. The second-order valence-corrected chi connectivity index (χ2v) is 4.48. The Kier molecular flexibility index (Phi) is 3.79. The van der Waals surface area contributed by atoms with Crippen molar-refractivity contribution in [1.82, 2.24) is 10.2 Å². The minimum absolute atomic E-state index is 0.485. The smallest absolute Gasteiger partial charge is 0.0698 e. The third-order valence-corrected chi connectivity index (χ3v) is 3.57. The number of hydrogen-bond donors (Lipinski definition) is 1. The molecule has 14 heavy (non-hydrogen) atoms. The number of piperidine rings is 2. The van der Waals surface area contributed by atoms with Crippen LogP contribution in [-0.2, 0) is 4.74 Å². The molecule has 2 aliphatic heterocycles. The molecule has 2 heterocycles. The van der Waals surface area contributed by atoms with Crippen molar-refractivity contribution < 1.29 is 4.74 Å². The van der Waals surface area contributed by atoms with Crippen molar-refractivity contribution in [3.63, 3.8) is 0 Å². The molecular formula is C11H22N2O. The van der Waals surface area contributed by atoms with E-state index in [0.29, 0.717) is 6.10 Å². The summed E-state index contributed by atoms with van der Waals surface area (Å²) in [5, 5.41) is 3.42. The summed E-state index contributed by atoms with van der Waals surface area (Å²) >= 11 is 0. The number of methoxy groups -OCH3 is 1. The Labute approximate surface area is 86.8 Å². The molecule has 0 bridgehead atoms. The maximum atomic E-state index is 5.45. The average molecular weight is 198 g/mol. The fourth-order valence-electron chi connectivity index (χ4n) is 2.66.